The molecule has 194 valence electrons. The summed E-state index contributed by atoms with van der Waals surface area (Å²) in [7, 11) is 0. The second-order valence-corrected chi connectivity index (χ2v) is 9.20. The molecule has 0 radical (unpaired) electrons. The van der Waals surface area contributed by atoms with Gasteiger partial charge < -0.3 is 10.5 Å². The van der Waals surface area contributed by atoms with Gasteiger partial charge in [0.15, 0.2) is 0 Å². The van der Waals surface area contributed by atoms with Crippen LogP contribution < -0.4 is 5.73 Å². The van der Waals surface area contributed by atoms with Gasteiger partial charge in [-0.25, -0.2) is 0 Å². The largest absolute Gasteiger partial charge is 0.460 e. The summed E-state index contributed by atoms with van der Waals surface area (Å²) in [5.41, 5.74) is 11.9. The summed E-state index contributed by atoms with van der Waals surface area (Å²) in [6.45, 7) is 0.246. The third-order valence-corrected chi connectivity index (χ3v) is 6.65. The molecule has 0 bridgehead atoms. The molecule has 0 fully saturated rings. The lowest BCUT2D eigenvalue weighted by atomic mass is 9.77. The van der Waals surface area contributed by atoms with E-state index in [1.54, 1.807) is 6.07 Å². The standard InChI is InChI=1S/C35H28N4O/c36-24-27-12-10-14-29(22-27)30-15-11-13-28(23-30)25-40-34(37)38-26-39-35(31-16-4-1-5-17-31,32-18-6-2-7-19-32)33-20-8-3-9-21-33/h1-23,26H,25H2,(H2,37,38,39). The second-order valence-electron chi connectivity index (χ2n) is 9.20. The molecular weight excluding hydrogens is 492 g/mol. The van der Waals surface area contributed by atoms with E-state index in [2.05, 4.69) is 47.5 Å². The second kappa shape index (κ2) is 12.4. The fourth-order valence-corrected chi connectivity index (χ4v) is 4.74. The highest BCUT2D eigenvalue weighted by Crippen LogP contribution is 2.40. The predicted molar refractivity (Wildman–Crippen MR) is 161 cm³/mol. The lowest BCUT2D eigenvalue weighted by Crippen LogP contribution is -2.27. The summed E-state index contributed by atoms with van der Waals surface area (Å²) in [6.07, 6.45) is 1.48. The van der Waals surface area contributed by atoms with Crippen molar-refractivity contribution in [3.05, 3.63) is 167 Å². The van der Waals surface area contributed by atoms with Crippen molar-refractivity contribution in [3.63, 3.8) is 0 Å². The van der Waals surface area contributed by atoms with E-state index in [4.69, 9.17) is 15.5 Å². The van der Waals surface area contributed by atoms with Gasteiger partial charge in [0.05, 0.1) is 11.6 Å². The molecule has 0 saturated heterocycles. The maximum Gasteiger partial charge on any atom is 0.288 e. The Morgan fingerprint density at radius 1 is 0.700 bits per heavy atom. The van der Waals surface area contributed by atoms with E-state index in [9.17, 15) is 5.26 Å². The van der Waals surface area contributed by atoms with Crippen LogP contribution in [-0.4, -0.2) is 12.4 Å². The highest BCUT2D eigenvalue weighted by Gasteiger charge is 2.35. The molecule has 0 aliphatic rings. The van der Waals surface area contributed by atoms with Crippen molar-refractivity contribution in [1.29, 1.82) is 5.26 Å². The van der Waals surface area contributed by atoms with Crippen LogP contribution in [0.15, 0.2) is 150 Å². The fourth-order valence-electron chi connectivity index (χ4n) is 4.74. The number of nitrogens with two attached hydrogens (primary N) is 1. The molecule has 0 spiro atoms. The van der Waals surface area contributed by atoms with Gasteiger partial charge in [-0.05, 0) is 51.6 Å². The summed E-state index contributed by atoms with van der Waals surface area (Å²) in [5.74, 6) is 0. The van der Waals surface area contributed by atoms with Crippen molar-refractivity contribution in [2.45, 2.75) is 12.1 Å². The average Bonchev–Trinajstić information content (AvgIpc) is 3.03. The van der Waals surface area contributed by atoms with Gasteiger partial charge in [-0.1, -0.05) is 121 Å². The summed E-state index contributed by atoms with van der Waals surface area (Å²) >= 11 is 0. The minimum atomic E-state index is -0.820. The Hall–Kier alpha value is -5.47. The molecule has 0 unspecified atom stereocenters. The van der Waals surface area contributed by atoms with E-state index in [-0.39, 0.29) is 12.6 Å². The topological polar surface area (TPSA) is 83.8 Å². The number of nitriles is 1. The molecule has 5 rings (SSSR count). The first-order valence-corrected chi connectivity index (χ1v) is 12.9. The van der Waals surface area contributed by atoms with Crippen LogP contribution in [0.25, 0.3) is 11.1 Å². The highest BCUT2D eigenvalue weighted by atomic mass is 16.5. The van der Waals surface area contributed by atoms with Gasteiger partial charge >= 0.3 is 0 Å². The first-order valence-electron chi connectivity index (χ1n) is 12.9. The monoisotopic (exact) mass is 520 g/mol. The summed E-state index contributed by atoms with van der Waals surface area (Å²) in [6, 6.07) is 48.1. The number of hydrogen-bond acceptors (Lipinski definition) is 3. The van der Waals surface area contributed by atoms with Crippen LogP contribution in [0.4, 0.5) is 0 Å². The molecule has 5 nitrogen and oxygen atoms in total. The lowest BCUT2D eigenvalue weighted by Gasteiger charge is -2.31. The quantitative estimate of drug-likeness (QED) is 0.135. The minimum absolute atomic E-state index is 0.0173. The molecule has 5 aromatic carbocycles. The van der Waals surface area contributed by atoms with E-state index in [1.807, 2.05) is 97.1 Å². The molecule has 40 heavy (non-hydrogen) atoms. The zero-order valence-electron chi connectivity index (χ0n) is 21.9. The van der Waals surface area contributed by atoms with E-state index >= 15 is 0 Å². The van der Waals surface area contributed by atoms with Gasteiger partial charge in [0.1, 0.15) is 18.5 Å². The smallest absolute Gasteiger partial charge is 0.288 e. The first kappa shape index (κ1) is 26.1. The van der Waals surface area contributed by atoms with Crippen molar-refractivity contribution in [1.82, 2.24) is 0 Å². The van der Waals surface area contributed by atoms with Gasteiger partial charge in [0.25, 0.3) is 6.02 Å². The van der Waals surface area contributed by atoms with Crippen molar-refractivity contribution in [3.8, 4) is 17.2 Å². The van der Waals surface area contributed by atoms with Crippen molar-refractivity contribution < 1.29 is 4.74 Å². The van der Waals surface area contributed by atoms with Crippen LogP contribution >= 0.6 is 0 Å². The van der Waals surface area contributed by atoms with Gasteiger partial charge in [0, 0.05) is 0 Å². The molecule has 0 saturated carbocycles. The molecule has 0 atom stereocenters. The summed E-state index contributed by atoms with van der Waals surface area (Å²) < 4.78 is 5.78. The SMILES string of the molecule is N#Cc1cccc(-c2cccc(COC(N)=NC=NC(c3ccccc3)(c3ccccc3)c3ccccc3)c2)c1. The maximum absolute atomic E-state index is 9.22. The molecular formula is C35H28N4O. The number of nitrogens with zero attached hydrogens (tertiary/aromatic N) is 3. The Morgan fingerprint density at radius 2 is 1.23 bits per heavy atom. The molecule has 0 amide bonds. The molecule has 0 aliphatic carbocycles. The van der Waals surface area contributed by atoms with E-state index < -0.39 is 5.54 Å². The van der Waals surface area contributed by atoms with Gasteiger partial charge in [0.2, 0.25) is 0 Å². The van der Waals surface area contributed by atoms with E-state index in [0.717, 1.165) is 33.4 Å². The predicted octanol–water partition coefficient (Wildman–Crippen LogP) is 7.08. The number of ether oxygens (including phenoxy) is 1. The average molecular weight is 521 g/mol. The van der Waals surface area contributed by atoms with Crippen molar-refractivity contribution >= 4 is 12.4 Å². The summed E-state index contributed by atoms with van der Waals surface area (Å²) in [4.78, 5) is 9.38. The Morgan fingerprint density at radius 3 is 1.77 bits per heavy atom. The first-order chi connectivity index (χ1) is 19.7. The number of amidine groups is 1. The lowest BCUT2D eigenvalue weighted by molar-refractivity contribution is 0.288. The molecule has 5 heteroatoms. The van der Waals surface area contributed by atoms with Crippen molar-refractivity contribution in [2.75, 3.05) is 0 Å². The van der Waals surface area contributed by atoms with Crippen LogP contribution in [0.1, 0.15) is 27.8 Å². The fraction of sp³-hybridized carbons (Fsp3) is 0.0571. The third-order valence-electron chi connectivity index (χ3n) is 6.65. The highest BCUT2D eigenvalue weighted by molar-refractivity contribution is 5.81. The Kier molecular flexibility index (Phi) is 8.09. The van der Waals surface area contributed by atoms with Crippen LogP contribution in [-0.2, 0) is 16.9 Å². The molecule has 0 heterocycles. The number of rotatable bonds is 8. The zero-order chi connectivity index (χ0) is 27.6. The van der Waals surface area contributed by atoms with Gasteiger partial charge in [-0.3, -0.25) is 4.99 Å². The molecule has 0 aromatic heterocycles. The number of aliphatic imine (C=N–C) groups is 2. The maximum atomic E-state index is 9.22. The molecule has 0 aliphatic heterocycles. The number of hydrogen-bond donors (Lipinski definition) is 1. The van der Waals surface area contributed by atoms with Crippen LogP contribution in [0.3, 0.4) is 0 Å². The Balaban J connectivity index is 1.41. The third kappa shape index (κ3) is 5.82. The van der Waals surface area contributed by atoms with E-state index in [1.165, 1.54) is 6.34 Å². The van der Waals surface area contributed by atoms with Crippen LogP contribution in [0.5, 0.6) is 0 Å². The molecule has 5 aromatic rings. The van der Waals surface area contributed by atoms with Crippen LogP contribution in [0.2, 0.25) is 0 Å². The van der Waals surface area contributed by atoms with Gasteiger partial charge in [-0.2, -0.15) is 10.3 Å². The Labute approximate surface area is 234 Å². The number of benzene rings is 5. The minimum Gasteiger partial charge on any atom is -0.460 e. The van der Waals surface area contributed by atoms with Crippen LogP contribution in [0, 0.1) is 11.3 Å². The van der Waals surface area contributed by atoms with Gasteiger partial charge in [-0.15, -0.1) is 0 Å². The summed E-state index contributed by atoms with van der Waals surface area (Å²) in [5, 5.41) is 9.22. The molecule has 2 N–H and O–H groups in total. The zero-order valence-corrected chi connectivity index (χ0v) is 21.9. The van der Waals surface area contributed by atoms with Crippen molar-refractivity contribution in [2.24, 2.45) is 15.7 Å². The normalized spacial score (nSPS) is 11.7. The van der Waals surface area contributed by atoms with E-state index in [0.29, 0.717) is 5.56 Å². The Bertz CT molecular complexity index is 1560.